The third kappa shape index (κ3) is 3.56. The highest BCUT2D eigenvalue weighted by molar-refractivity contribution is 7.92. The summed E-state index contributed by atoms with van der Waals surface area (Å²) >= 11 is 0. The van der Waals surface area contributed by atoms with Crippen LogP contribution in [0.5, 0.6) is 0 Å². The van der Waals surface area contributed by atoms with Crippen molar-refractivity contribution >= 4 is 16.0 Å². The van der Waals surface area contributed by atoms with Crippen LogP contribution in [-0.2, 0) is 16.6 Å². The van der Waals surface area contributed by atoms with Gasteiger partial charge in [-0.25, -0.2) is 23.1 Å². The Hall–Kier alpha value is -1.99. The molecule has 6 nitrogen and oxygen atoms in total. The summed E-state index contributed by atoms with van der Waals surface area (Å²) < 4.78 is 27.4. The van der Waals surface area contributed by atoms with Crippen molar-refractivity contribution in [3.8, 4) is 0 Å². The Morgan fingerprint density at radius 1 is 1.10 bits per heavy atom. The molecule has 1 heterocycles. The maximum Gasteiger partial charge on any atom is 0.264 e. The number of nitrogens with one attached hydrogen (secondary N) is 2. The Kier molecular flexibility index (Phi) is 4.54. The molecule has 0 aliphatic carbocycles. The summed E-state index contributed by atoms with van der Waals surface area (Å²) in [4.78, 5) is 8.00. The lowest BCUT2D eigenvalue weighted by atomic mass is 10.1. The van der Waals surface area contributed by atoms with Gasteiger partial charge in [-0.2, -0.15) is 0 Å². The molecule has 2 N–H and O–H groups in total. The first-order valence-corrected chi connectivity index (χ1v) is 7.97. The number of aryl methyl sites for hydroxylation is 2. The summed E-state index contributed by atoms with van der Waals surface area (Å²) in [7, 11) is -1.88. The van der Waals surface area contributed by atoms with Crippen molar-refractivity contribution < 1.29 is 8.42 Å². The highest BCUT2D eigenvalue weighted by Crippen LogP contribution is 2.22. The van der Waals surface area contributed by atoms with Crippen LogP contribution in [0.2, 0.25) is 0 Å². The van der Waals surface area contributed by atoms with Crippen molar-refractivity contribution in [2.24, 2.45) is 0 Å². The average molecular weight is 306 g/mol. The highest BCUT2D eigenvalue weighted by Gasteiger charge is 2.19. The van der Waals surface area contributed by atoms with E-state index in [4.69, 9.17) is 0 Å². The summed E-state index contributed by atoms with van der Waals surface area (Å²) in [6.07, 6.45) is 2.97. The Balaban J connectivity index is 2.42. The molecular weight excluding hydrogens is 288 g/mol. The Morgan fingerprint density at radius 2 is 1.76 bits per heavy atom. The van der Waals surface area contributed by atoms with Crippen molar-refractivity contribution in [1.29, 1.82) is 0 Å². The van der Waals surface area contributed by atoms with Gasteiger partial charge in [0.05, 0.1) is 4.90 Å². The van der Waals surface area contributed by atoms with Gasteiger partial charge in [-0.1, -0.05) is 6.07 Å². The van der Waals surface area contributed by atoms with Gasteiger partial charge >= 0.3 is 0 Å². The van der Waals surface area contributed by atoms with Crippen LogP contribution >= 0.6 is 0 Å². The molecule has 112 valence electrons. The topological polar surface area (TPSA) is 84.0 Å². The van der Waals surface area contributed by atoms with E-state index in [0.29, 0.717) is 12.1 Å². The van der Waals surface area contributed by atoms with Gasteiger partial charge in [0.2, 0.25) is 5.95 Å². The summed E-state index contributed by atoms with van der Waals surface area (Å²) in [6, 6.07) is 5.18. The van der Waals surface area contributed by atoms with Crippen molar-refractivity contribution in [2.75, 3.05) is 11.8 Å². The highest BCUT2D eigenvalue weighted by atomic mass is 32.2. The van der Waals surface area contributed by atoms with Crippen LogP contribution in [0.15, 0.2) is 35.5 Å². The van der Waals surface area contributed by atoms with Gasteiger partial charge in [0, 0.05) is 18.9 Å². The summed E-state index contributed by atoms with van der Waals surface area (Å²) in [5, 5.41) is 3.03. The fourth-order valence-electron chi connectivity index (χ4n) is 2.07. The zero-order chi connectivity index (χ0) is 15.5. The van der Waals surface area contributed by atoms with Crippen LogP contribution in [0, 0.1) is 13.8 Å². The summed E-state index contributed by atoms with van der Waals surface area (Å²) in [6.45, 7) is 4.34. The van der Waals surface area contributed by atoms with Crippen LogP contribution in [0.25, 0.3) is 0 Å². The molecule has 0 bridgehead atoms. The van der Waals surface area contributed by atoms with E-state index in [1.807, 2.05) is 20.0 Å². The third-order valence-corrected chi connectivity index (χ3v) is 4.55. The molecule has 0 aliphatic heterocycles. The number of aromatic nitrogens is 2. The zero-order valence-corrected chi connectivity index (χ0v) is 13.0. The van der Waals surface area contributed by atoms with E-state index < -0.39 is 10.0 Å². The van der Waals surface area contributed by atoms with Crippen molar-refractivity contribution in [1.82, 2.24) is 15.3 Å². The van der Waals surface area contributed by atoms with Gasteiger partial charge in [0.15, 0.2) is 0 Å². The van der Waals surface area contributed by atoms with Crippen molar-refractivity contribution in [3.63, 3.8) is 0 Å². The SMILES string of the molecule is CNCc1cc(S(=O)(=O)Nc2ncccn2)c(C)cc1C. The molecule has 0 spiro atoms. The number of nitrogens with zero attached hydrogens (tertiary/aromatic N) is 2. The molecule has 1 aromatic heterocycles. The minimum Gasteiger partial charge on any atom is -0.316 e. The predicted molar refractivity (Wildman–Crippen MR) is 81.5 cm³/mol. The van der Waals surface area contributed by atoms with E-state index in [1.54, 1.807) is 19.1 Å². The lowest BCUT2D eigenvalue weighted by Gasteiger charge is -2.13. The van der Waals surface area contributed by atoms with Gasteiger partial charge in [0.1, 0.15) is 0 Å². The molecule has 1 aromatic carbocycles. The van der Waals surface area contributed by atoms with Gasteiger partial charge < -0.3 is 5.32 Å². The zero-order valence-electron chi connectivity index (χ0n) is 12.2. The first-order chi connectivity index (χ1) is 9.94. The number of hydrogen-bond acceptors (Lipinski definition) is 5. The summed E-state index contributed by atoms with van der Waals surface area (Å²) in [5.41, 5.74) is 2.69. The Bertz CT molecular complexity index is 730. The largest absolute Gasteiger partial charge is 0.316 e. The van der Waals surface area contributed by atoms with Crippen LogP contribution < -0.4 is 10.0 Å². The van der Waals surface area contributed by atoms with Crippen LogP contribution in [0.4, 0.5) is 5.95 Å². The van der Waals surface area contributed by atoms with Crippen LogP contribution in [0.3, 0.4) is 0 Å². The van der Waals surface area contributed by atoms with Gasteiger partial charge in [0.25, 0.3) is 10.0 Å². The smallest absolute Gasteiger partial charge is 0.264 e. The van der Waals surface area contributed by atoms with Gasteiger partial charge in [-0.3, -0.25) is 0 Å². The molecule has 2 aromatic rings. The second kappa shape index (κ2) is 6.19. The molecule has 7 heteroatoms. The second-order valence-corrected chi connectivity index (χ2v) is 6.40. The normalized spacial score (nSPS) is 11.4. The van der Waals surface area contributed by atoms with E-state index in [1.165, 1.54) is 12.4 Å². The van der Waals surface area contributed by atoms with Crippen molar-refractivity contribution in [2.45, 2.75) is 25.3 Å². The summed E-state index contributed by atoms with van der Waals surface area (Å²) in [5.74, 6) is 0.0626. The molecule has 0 unspecified atom stereocenters. The number of hydrogen-bond donors (Lipinski definition) is 2. The van der Waals surface area contributed by atoms with E-state index >= 15 is 0 Å². The molecule has 0 radical (unpaired) electrons. The van der Waals surface area contributed by atoms with Gasteiger partial charge in [-0.15, -0.1) is 0 Å². The van der Waals surface area contributed by atoms with Crippen molar-refractivity contribution in [3.05, 3.63) is 47.3 Å². The molecule has 0 aliphatic rings. The Labute approximate surface area is 124 Å². The molecular formula is C14H18N4O2S. The fourth-order valence-corrected chi connectivity index (χ4v) is 3.31. The lowest BCUT2D eigenvalue weighted by Crippen LogP contribution is -2.17. The standard InChI is InChI=1S/C14H18N4O2S/c1-10-7-11(2)13(8-12(10)9-15-3)21(19,20)18-14-16-5-4-6-17-14/h4-8,15H,9H2,1-3H3,(H,16,17,18). The minimum atomic E-state index is -3.70. The molecule has 21 heavy (non-hydrogen) atoms. The molecule has 0 amide bonds. The average Bonchev–Trinajstić information content (AvgIpc) is 2.42. The van der Waals surface area contributed by atoms with E-state index in [0.717, 1.165) is 11.1 Å². The molecule has 2 rings (SSSR count). The van der Waals surface area contributed by atoms with E-state index in [9.17, 15) is 8.42 Å². The number of benzene rings is 1. The maximum absolute atomic E-state index is 12.5. The molecule has 0 fully saturated rings. The molecule has 0 atom stereocenters. The lowest BCUT2D eigenvalue weighted by molar-refractivity contribution is 0.600. The monoisotopic (exact) mass is 306 g/mol. The molecule has 0 saturated heterocycles. The number of anilines is 1. The maximum atomic E-state index is 12.5. The van der Waals surface area contributed by atoms with Crippen LogP contribution in [0.1, 0.15) is 16.7 Å². The first-order valence-electron chi connectivity index (χ1n) is 6.48. The van der Waals surface area contributed by atoms with E-state index in [-0.39, 0.29) is 10.8 Å². The van der Waals surface area contributed by atoms with Crippen LogP contribution in [-0.4, -0.2) is 25.4 Å². The predicted octanol–water partition coefficient (Wildman–Crippen LogP) is 1.61. The number of sulfonamides is 1. The first kappa shape index (κ1) is 15.4. The third-order valence-electron chi connectivity index (χ3n) is 3.08. The quantitative estimate of drug-likeness (QED) is 0.877. The van der Waals surface area contributed by atoms with Gasteiger partial charge in [-0.05, 0) is 49.7 Å². The molecule has 0 saturated carbocycles. The Morgan fingerprint density at radius 3 is 2.38 bits per heavy atom. The second-order valence-electron chi connectivity index (χ2n) is 4.75. The fraction of sp³-hybridized carbons (Fsp3) is 0.286. The minimum absolute atomic E-state index is 0.0626. The number of rotatable bonds is 5. The van der Waals surface area contributed by atoms with E-state index in [2.05, 4.69) is 20.0 Å².